The molecule has 1 aliphatic heterocycles. The molecule has 2 aromatic carbocycles. The third kappa shape index (κ3) is 2.97. The van der Waals surface area contributed by atoms with Crippen LogP contribution in [0.5, 0.6) is 5.75 Å². The third-order valence-corrected chi connectivity index (χ3v) is 4.03. The van der Waals surface area contributed by atoms with Crippen molar-refractivity contribution in [1.82, 2.24) is 0 Å². The number of carbonyl (C=O) groups excluding carboxylic acids is 2. The van der Waals surface area contributed by atoms with E-state index in [9.17, 15) is 9.59 Å². The highest BCUT2D eigenvalue weighted by Gasteiger charge is 2.40. The van der Waals surface area contributed by atoms with Gasteiger partial charge in [0.1, 0.15) is 11.8 Å². The number of nitrogens with one attached hydrogen (secondary N) is 1. The summed E-state index contributed by atoms with van der Waals surface area (Å²) in [5.74, 6) is 0.0619. The van der Waals surface area contributed by atoms with Gasteiger partial charge in [0.25, 0.3) is 5.91 Å². The Morgan fingerprint density at radius 2 is 1.83 bits per heavy atom. The van der Waals surface area contributed by atoms with Crippen molar-refractivity contribution in [3.05, 3.63) is 54.1 Å². The Balaban J connectivity index is 1.86. The number of aryl methyl sites for hydroxylation is 1. The lowest BCUT2D eigenvalue weighted by Crippen LogP contribution is -2.35. The maximum Gasteiger partial charge on any atom is 0.256 e. The highest BCUT2D eigenvalue weighted by atomic mass is 16.5. The van der Waals surface area contributed by atoms with E-state index in [-0.39, 0.29) is 18.2 Å². The monoisotopic (exact) mass is 324 g/mol. The molecule has 2 aromatic rings. The molecule has 24 heavy (non-hydrogen) atoms. The Morgan fingerprint density at radius 3 is 2.58 bits per heavy atom. The molecule has 0 radical (unpaired) electrons. The van der Waals surface area contributed by atoms with Crippen LogP contribution in [0, 0.1) is 6.92 Å². The SMILES string of the molecule is CCOc1ccccc1N1C(=O)C[C@H](Nc2ccccc2C)C1=O. The summed E-state index contributed by atoms with van der Waals surface area (Å²) in [7, 11) is 0. The zero-order valence-corrected chi connectivity index (χ0v) is 13.8. The van der Waals surface area contributed by atoms with E-state index in [0.29, 0.717) is 18.0 Å². The first-order valence-electron chi connectivity index (χ1n) is 8.02. The molecule has 1 N–H and O–H groups in total. The molecule has 0 spiro atoms. The second-order valence-electron chi connectivity index (χ2n) is 5.68. The molecule has 124 valence electrons. The predicted octanol–water partition coefficient (Wildman–Crippen LogP) is 3.14. The second kappa shape index (κ2) is 6.74. The van der Waals surface area contributed by atoms with Crippen LogP contribution in [0.25, 0.3) is 0 Å². The first-order valence-corrected chi connectivity index (χ1v) is 8.02. The van der Waals surface area contributed by atoms with E-state index < -0.39 is 6.04 Å². The zero-order valence-electron chi connectivity index (χ0n) is 13.8. The van der Waals surface area contributed by atoms with Gasteiger partial charge in [-0.15, -0.1) is 0 Å². The maximum absolute atomic E-state index is 12.8. The van der Waals surface area contributed by atoms with Crippen molar-refractivity contribution in [2.24, 2.45) is 0 Å². The van der Waals surface area contributed by atoms with Crippen molar-refractivity contribution in [3.8, 4) is 5.75 Å². The number of imide groups is 1. The smallest absolute Gasteiger partial charge is 0.256 e. The summed E-state index contributed by atoms with van der Waals surface area (Å²) in [6, 6.07) is 14.3. The number of ether oxygens (including phenoxy) is 1. The Bertz CT molecular complexity index is 773. The number of amides is 2. The van der Waals surface area contributed by atoms with Crippen molar-refractivity contribution < 1.29 is 14.3 Å². The fraction of sp³-hybridized carbons (Fsp3) is 0.263. The average molecular weight is 324 g/mol. The van der Waals surface area contributed by atoms with Crippen molar-refractivity contribution in [1.29, 1.82) is 0 Å². The molecule has 1 heterocycles. The van der Waals surface area contributed by atoms with Crippen molar-refractivity contribution in [2.45, 2.75) is 26.3 Å². The van der Waals surface area contributed by atoms with Gasteiger partial charge in [0.05, 0.1) is 18.7 Å². The normalized spacial score (nSPS) is 17.2. The van der Waals surface area contributed by atoms with E-state index in [2.05, 4.69) is 5.32 Å². The van der Waals surface area contributed by atoms with Crippen LogP contribution in [0.15, 0.2) is 48.5 Å². The Kier molecular flexibility index (Phi) is 4.51. The Labute approximate surface area is 141 Å². The van der Waals surface area contributed by atoms with E-state index in [1.807, 2.05) is 44.2 Å². The van der Waals surface area contributed by atoms with E-state index in [1.54, 1.807) is 18.2 Å². The van der Waals surface area contributed by atoms with Gasteiger partial charge in [-0.3, -0.25) is 9.59 Å². The molecule has 1 aliphatic rings. The number of anilines is 2. The standard InChI is InChI=1S/C19H20N2O3/c1-3-24-17-11-7-6-10-16(17)21-18(22)12-15(19(21)23)20-14-9-5-4-8-13(14)2/h4-11,15,20H,3,12H2,1-2H3/t15-/m0/s1. The Hall–Kier alpha value is -2.82. The number of hydrogen-bond acceptors (Lipinski definition) is 4. The van der Waals surface area contributed by atoms with Crippen LogP contribution in [0.1, 0.15) is 18.9 Å². The van der Waals surface area contributed by atoms with Crippen LogP contribution < -0.4 is 15.0 Å². The minimum Gasteiger partial charge on any atom is -0.492 e. The summed E-state index contributed by atoms with van der Waals surface area (Å²) >= 11 is 0. The molecule has 5 heteroatoms. The summed E-state index contributed by atoms with van der Waals surface area (Å²) in [5.41, 5.74) is 2.40. The molecule has 3 rings (SSSR count). The van der Waals surface area contributed by atoms with Crippen LogP contribution in [-0.4, -0.2) is 24.5 Å². The fourth-order valence-corrected chi connectivity index (χ4v) is 2.84. The molecule has 0 aliphatic carbocycles. The van der Waals surface area contributed by atoms with Crippen LogP contribution in [0.4, 0.5) is 11.4 Å². The highest BCUT2D eigenvalue weighted by molar-refractivity contribution is 6.23. The topological polar surface area (TPSA) is 58.6 Å². The fourth-order valence-electron chi connectivity index (χ4n) is 2.84. The van der Waals surface area contributed by atoms with Crippen LogP contribution >= 0.6 is 0 Å². The van der Waals surface area contributed by atoms with Crippen molar-refractivity contribution in [2.75, 3.05) is 16.8 Å². The molecule has 1 atom stereocenters. The molecule has 0 bridgehead atoms. The summed E-state index contributed by atoms with van der Waals surface area (Å²) < 4.78 is 5.55. The molecule has 2 amide bonds. The van der Waals surface area contributed by atoms with Gasteiger partial charge in [0.2, 0.25) is 5.91 Å². The summed E-state index contributed by atoms with van der Waals surface area (Å²) in [6.07, 6.45) is 0.133. The minimum atomic E-state index is -0.562. The molecule has 0 aromatic heterocycles. The van der Waals surface area contributed by atoms with E-state index in [1.165, 1.54) is 4.90 Å². The second-order valence-corrected chi connectivity index (χ2v) is 5.68. The first-order chi connectivity index (χ1) is 11.6. The first kappa shape index (κ1) is 16.1. The van der Waals surface area contributed by atoms with Crippen molar-refractivity contribution >= 4 is 23.2 Å². The molecule has 1 fully saturated rings. The molecule has 1 saturated heterocycles. The number of rotatable bonds is 5. The van der Waals surface area contributed by atoms with E-state index in [4.69, 9.17) is 4.74 Å². The van der Waals surface area contributed by atoms with Gasteiger partial charge in [0.15, 0.2) is 0 Å². The third-order valence-electron chi connectivity index (χ3n) is 4.03. The predicted molar refractivity (Wildman–Crippen MR) is 93.3 cm³/mol. The molecule has 0 saturated carbocycles. The molecule has 5 nitrogen and oxygen atoms in total. The lowest BCUT2D eigenvalue weighted by molar-refractivity contribution is -0.121. The molecule has 0 unspecified atom stereocenters. The lowest BCUT2D eigenvalue weighted by Gasteiger charge is -2.19. The van der Waals surface area contributed by atoms with E-state index >= 15 is 0 Å². The van der Waals surface area contributed by atoms with Gasteiger partial charge in [-0.2, -0.15) is 0 Å². The average Bonchev–Trinajstić information content (AvgIpc) is 2.85. The van der Waals surface area contributed by atoms with Crippen LogP contribution in [0.3, 0.4) is 0 Å². The summed E-state index contributed by atoms with van der Waals surface area (Å²) in [5, 5.41) is 3.19. The van der Waals surface area contributed by atoms with Gasteiger partial charge < -0.3 is 10.1 Å². The van der Waals surface area contributed by atoms with Crippen molar-refractivity contribution in [3.63, 3.8) is 0 Å². The number of benzene rings is 2. The van der Waals surface area contributed by atoms with Gasteiger partial charge in [0, 0.05) is 5.69 Å². The largest absolute Gasteiger partial charge is 0.492 e. The van der Waals surface area contributed by atoms with Crippen LogP contribution in [0.2, 0.25) is 0 Å². The zero-order chi connectivity index (χ0) is 17.1. The molecular formula is C19H20N2O3. The van der Waals surface area contributed by atoms with Gasteiger partial charge >= 0.3 is 0 Å². The minimum absolute atomic E-state index is 0.133. The lowest BCUT2D eigenvalue weighted by atomic mass is 10.1. The van der Waals surface area contributed by atoms with Crippen LogP contribution in [-0.2, 0) is 9.59 Å². The van der Waals surface area contributed by atoms with E-state index in [0.717, 1.165) is 11.3 Å². The quantitative estimate of drug-likeness (QED) is 0.859. The number of carbonyl (C=O) groups is 2. The summed E-state index contributed by atoms with van der Waals surface area (Å²) in [4.78, 5) is 26.4. The molecular weight excluding hydrogens is 304 g/mol. The highest BCUT2D eigenvalue weighted by Crippen LogP contribution is 2.33. The number of para-hydroxylation sites is 3. The summed E-state index contributed by atoms with van der Waals surface area (Å²) in [6.45, 7) is 4.30. The van der Waals surface area contributed by atoms with Gasteiger partial charge in [-0.1, -0.05) is 30.3 Å². The van der Waals surface area contributed by atoms with Gasteiger partial charge in [-0.25, -0.2) is 4.90 Å². The maximum atomic E-state index is 12.8. The Morgan fingerprint density at radius 1 is 1.12 bits per heavy atom. The van der Waals surface area contributed by atoms with Gasteiger partial charge in [-0.05, 0) is 37.6 Å². The number of hydrogen-bond donors (Lipinski definition) is 1. The number of nitrogens with zero attached hydrogens (tertiary/aromatic N) is 1.